The van der Waals surface area contributed by atoms with Gasteiger partial charge in [-0.05, 0) is 43.3 Å². The molecule has 5 heteroatoms. The molecule has 0 atom stereocenters. The van der Waals surface area contributed by atoms with Crippen molar-refractivity contribution in [2.75, 3.05) is 6.61 Å². The van der Waals surface area contributed by atoms with Crippen molar-refractivity contribution in [3.8, 4) is 17.7 Å². The largest absolute Gasteiger partial charge is 0.477 e. The summed E-state index contributed by atoms with van der Waals surface area (Å²) < 4.78 is 10.5. The lowest BCUT2D eigenvalue weighted by atomic mass is 10.2. The van der Waals surface area contributed by atoms with Crippen LogP contribution in [0.1, 0.15) is 22.8 Å². The number of pyridine rings is 1. The first-order valence-electron chi connectivity index (χ1n) is 6.04. The summed E-state index contributed by atoms with van der Waals surface area (Å²) >= 11 is 0. The molecule has 0 radical (unpaired) electrons. The molecule has 0 saturated carbocycles. The highest BCUT2D eigenvalue weighted by Gasteiger charge is 2.15. The van der Waals surface area contributed by atoms with Crippen LogP contribution >= 0.6 is 0 Å². The maximum absolute atomic E-state index is 12.1. The molecule has 0 aliphatic rings. The van der Waals surface area contributed by atoms with Gasteiger partial charge in [0.25, 0.3) is 0 Å². The number of carbonyl (C=O) groups excluding carboxylic acids is 1. The van der Waals surface area contributed by atoms with E-state index in [1.54, 1.807) is 42.6 Å². The minimum atomic E-state index is -0.550. The van der Waals surface area contributed by atoms with E-state index in [2.05, 4.69) is 4.98 Å². The Labute approximate surface area is 116 Å². The van der Waals surface area contributed by atoms with Gasteiger partial charge >= 0.3 is 5.97 Å². The van der Waals surface area contributed by atoms with Gasteiger partial charge in [0.15, 0.2) is 0 Å². The Morgan fingerprint density at radius 2 is 2.05 bits per heavy atom. The van der Waals surface area contributed by atoms with Gasteiger partial charge in [0.05, 0.1) is 18.2 Å². The molecular formula is C15H12N2O3. The number of ether oxygens (including phenoxy) is 2. The van der Waals surface area contributed by atoms with E-state index in [0.29, 0.717) is 17.9 Å². The summed E-state index contributed by atoms with van der Waals surface area (Å²) in [6, 6.07) is 11.5. The second-order valence-corrected chi connectivity index (χ2v) is 3.81. The van der Waals surface area contributed by atoms with Crippen LogP contribution in [0.25, 0.3) is 0 Å². The van der Waals surface area contributed by atoms with Crippen LogP contribution in [0.4, 0.5) is 0 Å². The highest BCUT2D eigenvalue weighted by Crippen LogP contribution is 2.18. The second kappa shape index (κ2) is 6.34. The predicted molar refractivity (Wildman–Crippen MR) is 71.5 cm³/mol. The van der Waals surface area contributed by atoms with Crippen molar-refractivity contribution >= 4 is 5.97 Å². The number of benzene rings is 1. The van der Waals surface area contributed by atoms with E-state index < -0.39 is 5.97 Å². The van der Waals surface area contributed by atoms with Crippen molar-refractivity contribution < 1.29 is 14.3 Å². The van der Waals surface area contributed by atoms with Crippen LogP contribution in [0, 0.1) is 11.3 Å². The number of hydrogen-bond donors (Lipinski definition) is 0. The van der Waals surface area contributed by atoms with E-state index >= 15 is 0 Å². The molecule has 0 unspecified atom stereocenters. The summed E-state index contributed by atoms with van der Waals surface area (Å²) in [7, 11) is 0. The minimum absolute atomic E-state index is 0.244. The molecule has 0 spiro atoms. The smallest absolute Gasteiger partial charge is 0.349 e. The fourth-order valence-corrected chi connectivity index (χ4v) is 1.56. The van der Waals surface area contributed by atoms with Gasteiger partial charge in [0.2, 0.25) is 5.88 Å². The van der Waals surface area contributed by atoms with E-state index in [4.69, 9.17) is 14.7 Å². The third-order valence-electron chi connectivity index (χ3n) is 2.47. The Morgan fingerprint density at radius 3 is 2.70 bits per heavy atom. The van der Waals surface area contributed by atoms with Gasteiger partial charge in [-0.25, -0.2) is 9.78 Å². The van der Waals surface area contributed by atoms with Crippen molar-refractivity contribution in [1.29, 1.82) is 5.26 Å². The Bertz CT molecular complexity index is 645. The lowest BCUT2D eigenvalue weighted by molar-refractivity contribution is 0.0729. The van der Waals surface area contributed by atoms with Gasteiger partial charge in [-0.1, -0.05) is 0 Å². The fraction of sp³-hybridized carbons (Fsp3) is 0.133. The zero-order chi connectivity index (χ0) is 14.4. The average molecular weight is 268 g/mol. The Morgan fingerprint density at radius 1 is 1.30 bits per heavy atom. The average Bonchev–Trinajstić information content (AvgIpc) is 2.49. The molecule has 5 nitrogen and oxygen atoms in total. The van der Waals surface area contributed by atoms with Gasteiger partial charge in [-0.2, -0.15) is 5.26 Å². The predicted octanol–water partition coefficient (Wildman–Crippen LogP) is 2.57. The molecule has 100 valence electrons. The summed E-state index contributed by atoms with van der Waals surface area (Å²) in [6.45, 7) is 2.22. The van der Waals surface area contributed by atoms with Crippen LogP contribution < -0.4 is 9.47 Å². The summed E-state index contributed by atoms with van der Waals surface area (Å²) in [5.41, 5.74) is 0.764. The van der Waals surface area contributed by atoms with E-state index in [-0.39, 0.29) is 11.4 Å². The van der Waals surface area contributed by atoms with Gasteiger partial charge in [0, 0.05) is 6.20 Å². The number of hydrogen-bond acceptors (Lipinski definition) is 5. The highest BCUT2D eigenvalue weighted by molar-refractivity contribution is 5.93. The van der Waals surface area contributed by atoms with Crippen LogP contribution in [0.5, 0.6) is 11.6 Å². The van der Waals surface area contributed by atoms with Gasteiger partial charge in [-0.3, -0.25) is 0 Å². The van der Waals surface area contributed by atoms with E-state index in [0.717, 1.165) is 0 Å². The first-order chi connectivity index (χ1) is 9.74. The minimum Gasteiger partial charge on any atom is -0.477 e. The summed E-state index contributed by atoms with van der Waals surface area (Å²) in [5, 5.41) is 8.70. The number of nitriles is 1. The SMILES string of the molecule is CCOc1ncccc1C(=O)Oc1ccc(C#N)cc1. The topological polar surface area (TPSA) is 72.2 Å². The molecule has 0 amide bonds. The lowest BCUT2D eigenvalue weighted by Gasteiger charge is -2.08. The molecule has 20 heavy (non-hydrogen) atoms. The molecule has 1 aromatic carbocycles. The van der Waals surface area contributed by atoms with Crippen LogP contribution in [-0.4, -0.2) is 17.6 Å². The summed E-state index contributed by atoms with van der Waals surface area (Å²) in [4.78, 5) is 16.0. The fourth-order valence-electron chi connectivity index (χ4n) is 1.56. The quantitative estimate of drug-likeness (QED) is 0.629. The van der Waals surface area contributed by atoms with Crippen LogP contribution in [0.2, 0.25) is 0 Å². The number of carbonyl (C=O) groups is 1. The van der Waals surface area contributed by atoms with Crippen molar-refractivity contribution in [3.05, 3.63) is 53.7 Å². The molecule has 0 aliphatic carbocycles. The van der Waals surface area contributed by atoms with Gasteiger partial charge < -0.3 is 9.47 Å². The van der Waals surface area contributed by atoms with E-state index in [9.17, 15) is 4.79 Å². The molecule has 1 heterocycles. The summed E-state index contributed by atoms with van der Waals surface area (Å²) in [6.07, 6.45) is 1.55. The molecule has 0 N–H and O–H groups in total. The van der Waals surface area contributed by atoms with Crippen molar-refractivity contribution in [3.63, 3.8) is 0 Å². The molecule has 0 bridgehead atoms. The van der Waals surface area contributed by atoms with Crippen molar-refractivity contribution in [1.82, 2.24) is 4.98 Å². The molecule has 0 aliphatic heterocycles. The van der Waals surface area contributed by atoms with Crippen molar-refractivity contribution in [2.45, 2.75) is 6.92 Å². The van der Waals surface area contributed by atoms with Gasteiger partial charge in [-0.15, -0.1) is 0 Å². The molecule has 2 rings (SSSR count). The van der Waals surface area contributed by atoms with Crippen LogP contribution in [0.3, 0.4) is 0 Å². The first kappa shape index (κ1) is 13.6. The third-order valence-corrected chi connectivity index (χ3v) is 2.47. The lowest BCUT2D eigenvalue weighted by Crippen LogP contribution is -2.11. The standard InChI is InChI=1S/C15H12N2O3/c1-2-19-14-13(4-3-9-17-14)15(18)20-12-7-5-11(10-16)6-8-12/h3-9H,2H2,1H3. The van der Waals surface area contributed by atoms with Crippen molar-refractivity contribution in [2.24, 2.45) is 0 Å². The van der Waals surface area contributed by atoms with Gasteiger partial charge in [0.1, 0.15) is 11.3 Å². The Hall–Kier alpha value is -2.87. The maximum atomic E-state index is 12.1. The third kappa shape index (κ3) is 3.12. The molecular weight excluding hydrogens is 256 g/mol. The Balaban J connectivity index is 2.17. The second-order valence-electron chi connectivity index (χ2n) is 3.81. The number of esters is 1. The Kier molecular flexibility index (Phi) is 4.30. The molecule has 0 saturated heterocycles. The van der Waals surface area contributed by atoms with Crippen LogP contribution in [-0.2, 0) is 0 Å². The highest BCUT2D eigenvalue weighted by atomic mass is 16.5. The van der Waals surface area contributed by atoms with E-state index in [1.807, 2.05) is 13.0 Å². The normalized spacial score (nSPS) is 9.60. The van der Waals surface area contributed by atoms with E-state index in [1.165, 1.54) is 0 Å². The van der Waals surface area contributed by atoms with Crippen LogP contribution in [0.15, 0.2) is 42.6 Å². The monoisotopic (exact) mass is 268 g/mol. The maximum Gasteiger partial charge on any atom is 0.349 e. The zero-order valence-corrected chi connectivity index (χ0v) is 10.9. The molecule has 0 fully saturated rings. The molecule has 2 aromatic rings. The number of aromatic nitrogens is 1. The number of rotatable bonds is 4. The first-order valence-corrected chi connectivity index (χ1v) is 6.04. The summed E-state index contributed by atoms with van der Waals surface area (Å²) in [5.74, 6) is 0.0557. The molecule has 1 aromatic heterocycles. The number of nitrogens with zero attached hydrogens (tertiary/aromatic N) is 2. The zero-order valence-electron chi connectivity index (χ0n) is 10.9.